The number of carbonyl (C=O) groups is 1. The number of aryl methyl sites for hydroxylation is 1. The Bertz CT molecular complexity index is 817. The number of thiophene rings is 1. The normalized spacial score (nSPS) is 11.4. The third-order valence-corrected chi connectivity index (χ3v) is 6.20. The van der Waals surface area contributed by atoms with Crippen molar-refractivity contribution in [2.24, 2.45) is 0 Å². The summed E-state index contributed by atoms with van der Waals surface area (Å²) in [5, 5.41) is 8.87. The smallest absolute Gasteiger partial charge is 0.345 e. The van der Waals surface area contributed by atoms with Crippen molar-refractivity contribution in [3.8, 4) is 0 Å². The second-order valence-electron chi connectivity index (χ2n) is 4.12. The average molecular weight is 394 g/mol. The molecule has 112 valence electrons. The van der Waals surface area contributed by atoms with E-state index in [9.17, 15) is 17.6 Å². The van der Waals surface area contributed by atoms with Gasteiger partial charge in [-0.05, 0) is 46.6 Å². The average Bonchev–Trinajstić information content (AvgIpc) is 2.77. The molecule has 0 atom stereocenters. The zero-order valence-corrected chi connectivity index (χ0v) is 13.8. The van der Waals surface area contributed by atoms with E-state index < -0.39 is 21.8 Å². The van der Waals surface area contributed by atoms with Gasteiger partial charge in [-0.25, -0.2) is 17.6 Å². The summed E-state index contributed by atoms with van der Waals surface area (Å²) >= 11 is 3.81. The molecule has 0 unspecified atom stereocenters. The molecule has 0 fully saturated rings. The van der Waals surface area contributed by atoms with Crippen LogP contribution in [0.2, 0.25) is 0 Å². The van der Waals surface area contributed by atoms with Gasteiger partial charge in [0.25, 0.3) is 10.0 Å². The number of hydrogen-bond acceptors (Lipinski definition) is 4. The topological polar surface area (TPSA) is 83.5 Å². The Morgan fingerprint density at radius 3 is 2.57 bits per heavy atom. The Labute approximate surface area is 132 Å². The predicted molar refractivity (Wildman–Crippen MR) is 80.9 cm³/mol. The number of aromatic carboxylic acids is 1. The van der Waals surface area contributed by atoms with Gasteiger partial charge in [-0.15, -0.1) is 11.3 Å². The first-order valence-electron chi connectivity index (χ1n) is 5.52. The fourth-order valence-corrected chi connectivity index (χ4v) is 4.96. The van der Waals surface area contributed by atoms with E-state index in [2.05, 4.69) is 20.7 Å². The van der Waals surface area contributed by atoms with Crippen molar-refractivity contribution in [3.63, 3.8) is 0 Å². The minimum Gasteiger partial charge on any atom is -0.477 e. The van der Waals surface area contributed by atoms with Gasteiger partial charge >= 0.3 is 5.97 Å². The Morgan fingerprint density at radius 2 is 2.05 bits per heavy atom. The quantitative estimate of drug-likeness (QED) is 0.832. The molecule has 0 saturated heterocycles. The summed E-state index contributed by atoms with van der Waals surface area (Å²) in [7, 11) is -4.00. The highest BCUT2D eigenvalue weighted by atomic mass is 79.9. The molecule has 1 heterocycles. The summed E-state index contributed by atoms with van der Waals surface area (Å²) in [6.07, 6.45) is 0. The minimum absolute atomic E-state index is 0.0630. The summed E-state index contributed by atoms with van der Waals surface area (Å²) < 4.78 is 40.2. The van der Waals surface area contributed by atoms with Crippen LogP contribution in [-0.4, -0.2) is 19.5 Å². The molecule has 0 amide bonds. The van der Waals surface area contributed by atoms with Gasteiger partial charge in [0.15, 0.2) is 0 Å². The van der Waals surface area contributed by atoms with E-state index in [4.69, 9.17) is 5.11 Å². The molecule has 5 nitrogen and oxygen atoms in total. The molecule has 1 aromatic carbocycles. The van der Waals surface area contributed by atoms with Gasteiger partial charge in [0.2, 0.25) is 0 Å². The second kappa shape index (κ2) is 5.74. The molecule has 2 rings (SSSR count). The maximum atomic E-state index is 13.4. The lowest BCUT2D eigenvalue weighted by Crippen LogP contribution is -2.13. The van der Waals surface area contributed by atoms with E-state index in [1.807, 2.05) is 0 Å². The van der Waals surface area contributed by atoms with Crippen molar-refractivity contribution in [2.75, 3.05) is 4.72 Å². The van der Waals surface area contributed by atoms with Crippen molar-refractivity contribution < 1.29 is 22.7 Å². The van der Waals surface area contributed by atoms with Crippen LogP contribution in [0.15, 0.2) is 32.9 Å². The molecule has 0 radical (unpaired) electrons. The summed E-state index contributed by atoms with van der Waals surface area (Å²) in [6.45, 7) is 1.56. The van der Waals surface area contributed by atoms with Crippen LogP contribution in [0.3, 0.4) is 0 Å². The monoisotopic (exact) mass is 393 g/mol. The number of carboxylic acid groups (broad SMARTS) is 1. The lowest BCUT2D eigenvalue weighted by Gasteiger charge is -2.08. The number of anilines is 1. The molecule has 2 N–H and O–H groups in total. The van der Waals surface area contributed by atoms with E-state index in [0.717, 1.165) is 23.5 Å². The zero-order valence-electron chi connectivity index (χ0n) is 10.6. The summed E-state index contributed by atoms with van der Waals surface area (Å²) in [5.74, 6) is -1.76. The van der Waals surface area contributed by atoms with Crippen molar-refractivity contribution >= 4 is 48.9 Å². The molecular formula is C12H9BrFNO4S2. The van der Waals surface area contributed by atoms with Crippen LogP contribution in [0.5, 0.6) is 0 Å². The first-order chi connectivity index (χ1) is 9.70. The molecule has 0 saturated carbocycles. The van der Waals surface area contributed by atoms with E-state index in [1.54, 1.807) is 6.92 Å². The maximum Gasteiger partial charge on any atom is 0.345 e. The molecule has 0 aliphatic carbocycles. The van der Waals surface area contributed by atoms with Crippen molar-refractivity contribution in [1.29, 1.82) is 0 Å². The van der Waals surface area contributed by atoms with Gasteiger partial charge in [0.1, 0.15) is 15.6 Å². The van der Waals surface area contributed by atoms with E-state index in [0.29, 0.717) is 5.56 Å². The van der Waals surface area contributed by atoms with E-state index in [-0.39, 0.29) is 19.2 Å². The highest BCUT2D eigenvalue weighted by Crippen LogP contribution is 2.33. The third kappa shape index (κ3) is 3.42. The molecule has 0 aliphatic rings. The van der Waals surface area contributed by atoms with Gasteiger partial charge in [-0.1, -0.05) is 6.07 Å². The lowest BCUT2D eigenvalue weighted by molar-refractivity contribution is 0.0702. The molecular weight excluding hydrogens is 385 g/mol. The third-order valence-electron chi connectivity index (χ3n) is 2.58. The van der Waals surface area contributed by atoms with Crippen molar-refractivity contribution in [3.05, 3.63) is 44.3 Å². The number of benzene rings is 1. The molecule has 0 bridgehead atoms. The van der Waals surface area contributed by atoms with E-state index >= 15 is 0 Å². The number of carboxylic acids is 1. The number of nitrogens with one attached hydrogen (secondary N) is 1. The number of hydrogen-bond donors (Lipinski definition) is 2. The Hall–Kier alpha value is -1.45. The van der Waals surface area contributed by atoms with Crippen LogP contribution in [-0.2, 0) is 10.0 Å². The SMILES string of the molecule is Cc1ccc(NS(=O)(=O)c2cc(C(=O)O)sc2Br)cc1F. The number of rotatable bonds is 4. The Morgan fingerprint density at radius 1 is 1.38 bits per heavy atom. The van der Waals surface area contributed by atoms with Crippen LogP contribution in [0.25, 0.3) is 0 Å². The fraction of sp³-hybridized carbons (Fsp3) is 0.0833. The molecule has 9 heteroatoms. The standard InChI is InChI=1S/C12H9BrFNO4S2/c1-6-2-3-7(4-8(6)14)15-21(18,19)10-5-9(12(16)17)20-11(10)13/h2-5,15H,1H3,(H,16,17). The fourth-order valence-electron chi connectivity index (χ4n) is 1.51. The Kier molecular flexibility index (Phi) is 4.35. The van der Waals surface area contributed by atoms with Crippen LogP contribution >= 0.6 is 27.3 Å². The van der Waals surface area contributed by atoms with Crippen molar-refractivity contribution in [2.45, 2.75) is 11.8 Å². The molecule has 0 spiro atoms. The highest BCUT2D eigenvalue weighted by Gasteiger charge is 2.23. The van der Waals surface area contributed by atoms with Crippen LogP contribution < -0.4 is 4.72 Å². The molecule has 2 aromatic rings. The van der Waals surface area contributed by atoms with Gasteiger partial charge in [-0.2, -0.15) is 0 Å². The number of halogens is 2. The first-order valence-corrected chi connectivity index (χ1v) is 8.61. The molecule has 21 heavy (non-hydrogen) atoms. The van der Waals surface area contributed by atoms with Gasteiger partial charge < -0.3 is 5.11 Å². The largest absolute Gasteiger partial charge is 0.477 e. The van der Waals surface area contributed by atoms with Gasteiger partial charge in [-0.3, -0.25) is 4.72 Å². The maximum absolute atomic E-state index is 13.4. The van der Waals surface area contributed by atoms with Crippen LogP contribution in [0, 0.1) is 12.7 Å². The van der Waals surface area contributed by atoms with Gasteiger partial charge in [0, 0.05) is 0 Å². The van der Waals surface area contributed by atoms with Crippen LogP contribution in [0.4, 0.5) is 10.1 Å². The first kappa shape index (κ1) is 15.9. The second-order valence-corrected chi connectivity index (χ2v) is 8.14. The Balaban J connectivity index is 2.38. The summed E-state index contributed by atoms with van der Waals surface area (Å²) in [4.78, 5) is 10.5. The predicted octanol–water partition coefficient (Wildman–Crippen LogP) is 3.46. The summed E-state index contributed by atoms with van der Waals surface area (Å²) in [6, 6.07) is 4.97. The lowest BCUT2D eigenvalue weighted by atomic mass is 10.2. The molecule has 0 aliphatic heterocycles. The highest BCUT2D eigenvalue weighted by molar-refractivity contribution is 9.11. The van der Waals surface area contributed by atoms with Crippen LogP contribution in [0.1, 0.15) is 15.2 Å². The minimum atomic E-state index is -4.00. The molecule has 1 aromatic heterocycles. The van der Waals surface area contributed by atoms with Crippen molar-refractivity contribution in [1.82, 2.24) is 0 Å². The van der Waals surface area contributed by atoms with Gasteiger partial charge in [0.05, 0.1) is 9.47 Å². The van der Waals surface area contributed by atoms with E-state index in [1.165, 1.54) is 12.1 Å². The summed E-state index contributed by atoms with van der Waals surface area (Å²) in [5.41, 5.74) is 0.455. The number of sulfonamides is 1. The zero-order chi connectivity index (χ0) is 15.8.